The van der Waals surface area contributed by atoms with Gasteiger partial charge in [-0.2, -0.15) is 5.26 Å². The quantitative estimate of drug-likeness (QED) is 0.889. The van der Waals surface area contributed by atoms with Gasteiger partial charge >= 0.3 is 0 Å². The Bertz CT molecular complexity index is 502. The van der Waals surface area contributed by atoms with Crippen LogP contribution in [0.5, 0.6) is 0 Å². The maximum Gasteiger partial charge on any atom is 0.123 e. The molecule has 1 aromatic rings. The highest BCUT2D eigenvalue weighted by Gasteiger charge is 2.33. The van der Waals surface area contributed by atoms with Crippen LogP contribution < -0.4 is 5.32 Å². The molecule has 2 N–H and O–H groups in total. The zero-order valence-electron chi connectivity index (χ0n) is 11.8. The lowest BCUT2D eigenvalue weighted by atomic mass is 9.77. The Labute approximate surface area is 119 Å². The van der Waals surface area contributed by atoms with Crippen molar-refractivity contribution in [2.75, 3.05) is 6.61 Å². The fourth-order valence-corrected chi connectivity index (χ4v) is 2.81. The molecule has 0 unspecified atom stereocenters. The SMILES string of the molecule is CC1CCC(CO)(NCc2cc(F)ccc2C#N)CC1. The summed E-state index contributed by atoms with van der Waals surface area (Å²) in [5.74, 6) is 0.358. The molecule has 1 aliphatic rings. The van der Waals surface area contributed by atoms with E-state index in [2.05, 4.69) is 18.3 Å². The maximum atomic E-state index is 13.3. The fraction of sp³-hybridized carbons (Fsp3) is 0.562. The van der Waals surface area contributed by atoms with Gasteiger partial charge in [0.1, 0.15) is 5.82 Å². The number of rotatable bonds is 4. The average molecular weight is 276 g/mol. The first-order chi connectivity index (χ1) is 9.58. The summed E-state index contributed by atoms with van der Waals surface area (Å²) in [6.07, 6.45) is 4.01. The molecule has 0 bridgehead atoms. The van der Waals surface area contributed by atoms with E-state index in [1.165, 1.54) is 18.2 Å². The van der Waals surface area contributed by atoms with Gasteiger partial charge in [-0.05, 0) is 55.4 Å². The second kappa shape index (κ2) is 6.34. The number of nitrogens with one attached hydrogen (secondary N) is 1. The average Bonchev–Trinajstić information content (AvgIpc) is 2.47. The van der Waals surface area contributed by atoms with Gasteiger partial charge in [-0.1, -0.05) is 6.92 Å². The van der Waals surface area contributed by atoms with Gasteiger partial charge < -0.3 is 10.4 Å². The molecule has 0 atom stereocenters. The molecular formula is C16H21FN2O. The topological polar surface area (TPSA) is 56.0 Å². The van der Waals surface area contributed by atoms with E-state index in [4.69, 9.17) is 5.26 Å². The third-order valence-corrected chi connectivity index (χ3v) is 4.38. The molecule has 1 aliphatic carbocycles. The van der Waals surface area contributed by atoms with Gasteiger partial charge in [0.05, 0.1) is 18.2 Å². The fourth-order valence-electron chi connectivity index (χ4n) is 2.81. The van der Waals surface area contributed by atoms with Gasteiger partial charge in [0, 0.05) is 12.1 Å². The standard InChI is InChI=1S/C16H21FN2O/c1-12-4-6-16(11-20,7-5-12)19-10-14-8-15(17)3-2-13(14)9-18/h2-3,8,12,19-20H,4-7,10-11H2,1H3. The number of hydrogen-bond donors (Lipinski definition) is 2. The van der Waals surface area contributed by atoms with Gasteiger partial charge in [0.2, 0.25) is 0 Å². The van der Waals surface area contributed by atoms with Crippen molar-refractivity contribution in [2.24, 2.45) is 5.92 Å². The number of hydrogen-bond acceptors (Lipinski definition) is 3. The largest absolute Gasteiger partial charge is 0.394 e. The summed E-state index contributed by atoms with van der Waals surface area (Å²) in [4.78, 5) is 0. The Morgan fingerprint density at radius 3 is 2.75 bits per heavy atom. The minimum absolute atomic E-state index is 0.0803. The van der Waals surface area contributed by atoms with Crippen LogP contribution in [0.2, 0.25) is 0 Å². The molecule has 0 saturated heterocycles. The minimum atomic E-state index is -0.337. The van der Waals surface area contributed by atoms with Gasteiger partial charge in [-0.3, -0.25) is 0 Å². The van der Waals surface area contributed by atoms with Crippen molar-refractivity contribution in [1.29, 1.82) is 5.26 Å². The van der Waals surface area contributed by atoms with Crippen LogP contribution in [0.3, 0.4) is 0 Å². The van der Waals surface area contributed by atoms with Gasteiger partial charge in [0.25, 0.3) is 0 Å². The normalized spacial score (nSPS) is 26.2. The van der Waals surface area contributed by atoms with E-state index < -0.39 is 0 Å². The van der Waals surface area contributed by atoms with Crippen LogP contribution in [0.4, 0.5) is 4.39 Å². The first-order valence-corrected chi connectivity index (χ1v) is 7.13. The lowest BCUT2D eigenvalue weighted by Crippen LogP contribution is -2.50. The van der Waals surface area contributed by atoms with E-state index in [1.807, 2.05) is 0 Å². The first-order valence-electron chi connectivity index (χ1n) is 7.13. The monoisotopic (exact) mass is 276 g/mol. The van der Waals surface area contributed by atoms with E-state index >= 15 is 0 Å². The van der Waals surface area contributed by atoms with Crippen molar-refractivity contribution in [3.05, 3.63) is 35.1 Å². The van der Waals surface area contributed by atoms with Crippen molar-refractivity contribution in [1.82, 2.24) is 5.32 Å². The zero-order chi connectivity index (χ0) is 14.6. The molecule has 108 valence electrons. The Hall–Kier alpha value is -1.44. The molecule has 4 heteroatoms. The molecule has 3 nitrogen and oxygen atoms in total. The smallest absolute Gasteiger partial charge is 0.123 e. The Morgan fingerprint density at radius 2 is 2.15 bits per heavy atom. The third-order valence-electron chi connectivity index (χ3n) is 4.38. The van der Waals surface area contributed by atoms with Gasteiger partial charge in [0.15, 0.2) is 0 Å². The molecule has 0 radical (unpaired) electrons. The summed E-state index contributed by atoms with van der Waals surface area (Å²) in [5, 5.41) is 22.1. The van der Waals surface area contributed by atoms with Crippen molar-refractivity contribution < 1.29 is 9.50 Å². The minimum Gasteiger partial charge on any atom is -0.394 e. The highest BCUT2D eigenvalue weighted by Crippen LogP contribution is 2.32. The van der Waals surface area contributed by atoms with Crippen LogP contribution in [-0.4, -0.2) is 17.3 Å². The van der Waals surface area contributed by atoms with Crippen LogP contribution in [0.25, 0.3) is 0 Å². The Morgan fingerprint density at radius 1 is 1.45 bits per heavy atom. The molecule has 0 spiro atoms. The highest BCUT2D eigenvalue weighted by atomic mass is 19.1. The molecule has 2 rings (SSSR count). The number of aliphatic hydroxyl groups excluding tert-OH is 1. The van der Waals surface area contributed by atoms with Gasteiger partial charge in [-0.25, -0.2) is 4.39 Å². The number of benzene rings is 1. The lowest BCUT2D eigenvalue weighted by Gasteiger charge is -2.39. The highest BCUT2D eigenvalue weighted by molar-refractivity contribution is 5.37. The van der Waals surface area contributed by atoms with Crippen LogP contribution in [0, 0.1) is 23.1 Å². The number of aliphatic hydroxyl groups is 1. The maximum absolute atomic E-state index is 13.3. The first kappa shape index (κ1) is 15.0. The van der Waals surface area contributed by atoms with E-state index in [9.17, 15) is 9.50 Å². The van der Waals surface area contributed by atoms with Crippen molar-refractivity contribution in [3.8, 4) is 6.07 Å². The van der Waals surface area contributed by atoms with Crippen molar-refractivity contribution >= 4 is 0 Å². The predicted octanol–water partition coefficient (Wildman–Crippen LogP) is 2.73. The van der Waals surface area contributed by atoms with Crippen LogP contribution >= 0.6 is 0 Å². The molecule has 0 amide bonds. The molecule has 1 fully saturated rings. The summed E-state index contributed by atoms with van der Waals surface area (Å²) in [5.41, 5.74) is 0.848. The van der Waals surface area contributed by atoms with Crippen LogP contribution in [-0.2, 0) is 6.54 Å². The second-order valence-corrected chi connectivity index (χ2v) is 5.89. The van der Waals surface area contributed by atoms with E-state index in [1.54, 1.807) is 0 Å². The van der Waals surface area contributed by atoms with E-state index in [0.29, 0.717) is 23.6 Å². The molecular weight excluding hydrogens is 255 g/mol. The van der Waals surface area contributed by atoms with Crippen LogP contribution in [0.15, 0.2) is 18.2 Å². The van der Waals surface area contributed by atoms with Crippen molar-refractivity contribution in [3.63, 3.8) is 0 Å². The lowest BCUT2D eigenvalue weighted by molar-refractivity contribution is 0.104. The summed E-state index contributed by atoms with van der Waals surface area (Å²) in [6, 6.07) is 6.27. The predicted molar refractivity (Wildman–Crippen MR) is 75.4 cm³/mol. The molecule has 0 aromatic heterocycles. The second-order valence-electron chi connectivity index (χ2n) is 5.89. The molecule has 1 aromatic carbocycles. The molecule has 20 heavy (non-hydrogen) atoms. The molecule has 1 saturated carbocycles. The zero-order valence-corrected chi connectivity index (χ0v) is 11.8. The third kappa shape index (κ3) is 3.36. The van der Waals surface area contributed by atoms with Crippen LogP contribution in [0.1, 0.15) is 43.7 Å². The van der Waals surface area contributed by atoms with Crippen molar-refractivity contribution in [2.45, 2.75) is 44.7 Å². The molecule has 0 aliphatic heterocycles. The molecule has 0 heterocycles. The summed E-state index contributed by atoms with van der Waals surface area (Å²) >= 11 is 0. The van der Waals surface area contributed by atoms with Gasteiger partial charge in [-0.15, -0.1) is 0 Å². The number of halogens is 1. The van der Waals surface area contributed by atoms with E-state index in [0.717, 1.165) is 25.7 Å². The summed E-state index contributed by atoms with van der Waals surface area (Å²) < 4.78 is 13.3. The number of nitrogens with zero attached hydrogens (tertiary/aromatic N) is 1. The summed E-state index contributed by atoms with van der Waals surface area (Å²) in [6.45, 7) is 2.72. The number of nitriles is 1. The summed E-state index contributed by atoms with van der Waals surface area (Å²) in [7, 11) is 0. The Balaban J connectivity index is 2.07. The Kier molecular flexibility index (Phi) is 4.74. The van der Waals surface area contributed by atoms with E-state index in [-0.39, 0.29) is 18.0 Å².